The number of hydrogen-bond acceptors (Lipinski definition) is 11. The number of amides is 3. The minimum absolute atomic E-state index is 0.0386. The van der Waals surface area contributed by atoms with Crippen molar-refractivity contribution in [2.75, 3.05) is 39.4 Å². The van der Waals surface area contributed by atoms with Crippen LogP contribution < -0.4 is 5.32 Å². The van der Waals surface area contributed by atoms with Crippen molar-refractivity contribution in [3.05, 3.63) is 29.1 Å². The number of carbonyl (C=O) groups is 7. The van der Waals surface area contributed by atoms with Crippen LogP contribution in [0.25, 0.3) is 0 Å². The van der Waals surface area contributed by atoms with Gasteiger partial charge in [-0.1, -0.05) is 0 Å². The van der Waals surface area contributed by atoms with Gasteiger partial charge >= 0.3 is 23.9 Å². The third kappa shape index (κ3) is 9.78. The van der Waals surface area contributed by atoms with Gasteiger partial charge in [0.15, 0.2) is 0 Å². The average molecular weight is 622 g/mol. The van der Waals surface area contributed by atoms with Gasteiger partial charge in [0, 0.05) is 57.7 Å². The minimum atomic E-state index is -1.44. The van der Waals surface area contributed by atoms with Crippen molar-refractivity contribution < 1.29 is 58.7 Å². The van der Waals surface area contributed by atoms with E-state index in [4.69, 9.17) is 4.74 Å². The number of likely N-dealkylation sites (tertiary alicyclic amines) is 1. The first-order valence-corrected chi connectivity index (χ1v) is 13.9. The minimum Gasteiger partial charge on any atom is -0.481 e. The molecule has 2 bridgehead atoms. The van der Waals surface area contributed by atoms with E-state index in [1.165, 1.54) is 21.9 Å². The summed E-state index contributed by atoms with van der Waals surface area (Å²) >= 11 is 0. The summed E-state index contributed by atoms with van der Waals surface area (Å²) in [5.74, 6) is -6.55. The molecule has 3 rings (SSSR count). The Labute approximate surface area is 251 Å². The maximum atomic E-state index is 13.1. The number of nitrogens with one attached hydrogen (secondary N) is 1. The largest absolute Gasteiger partial charge is 0.481 e. The van der Waals surface area contributed by atoms with E-state index in [1.54, 1.807) is 0 Å². The lowest BCUT2D eigenvalue weighted by Gasteiger charge is -2.31. The van der Waals surface area contributed by atoms with Gasteiger partial charge in [0.1, 0.15) is 12.1 Å². The summed E-state index contributed by atoms with van der Waals surface area (Å²) in [6, 6.07) is -0.105. The number of ether oxygens (including phenoxy) is 1. The lowest BCUT2D eigenvalue weighted by Crippen LogP contribution is -2.46. The molecule has 0 radical (unpaired) electrons. The smallest absolute Gasteiger partial charge is 0.321 e. The molecular weight excluding hydrogens is 586 g/mol. The first-order valence-electron chi connectivity index (χ1n) is 13.9. The molecule has 0 aliphatic carbocycles. The van der Waals surface area contributed by atoms with E-state index in [0.717, 1.165) is 4.90 Å². The molecule has 5 N–H and O–H groups in total. The van der Waals surface area contributed by atoms with E-state index in [2.05, 4.69) is 10.3 Å². The molecule has 3 amide bonds. The van der Waals surface area contributed by atoms with Crippen LogP contribution in [-0.2, 0) is 46.6 Å². The van der Waals surface area contributed by atoms with Crippen LogP contribution in [0.15, 0.2) is 12.1 Å². The Bertz CT molecular complexity index is 1210. The van der Waals surface area contributed by atoms with Gasteiger partial charge in [0.2, 0.25) is 11.8 Å². The SMILES string of the molecule is O=C(O)CC(C(=O)O)N1CCOCCN(C(CC(=O)O)C(=O)O)Cc2cc(C(=O)NCCCN3C(=O)CCC3=O)cc(n2)C1. The standard InChI is InChI=1S/C27H35N5O12/c33-21-2-3-22(34)32(21)5-1-4-28-25(39)16-10-17-14-30(19(26(40)41)12-23(35)36)6-8-44-9-7-31(15-18(11-16)29-17)20(27(42)43)13-24(37)38/h10-11,19-20H,1-9,12-15H2,(H,28,39)(H,35,36)(H,37,38)(H,40,41)(H,42,43). The van der Waals surface area contributed by atoms with Gasteiger partial charge in [0.25, 0.3) is 5.91 Å². The maximum Gasteiger partial charge on any atom is 0.321 e. The number of pyridine rings is 1. The zero-order valence-corrected chi connectivity index (χ0v) is 23.8. The summed E-state index contributed by atoms with van der Waals surface area (Å²) < 4.78 is 5.57. The van der Waals surface area contributed by atoms with Crippen molar-refractivity contribution in [1.82, 2.24) is 25.0 Å². The lowest BCUT2D eigenvalue weighted by molar-refractivity contribution is -0.151. The van der Waals surface area contributed by atoms with Gasteiger partial charge in [0.05, 0.1) is 37.4 Å². The number of carbonyl (C=O) groups excluding carboxylic acids is 3. The van der Waals surface area contributed by atoms with Crippen LogP contribution in [0.4, 0.5) is 0 Å². The highest BCUT2D eigenvalue weighted by molar-refractivity contribution is 6.01. The number of carboxylic acids is 4. The van der Waals surface area contributed by atoms with E-state index in [9.17, 15) is 54.0 Å². The Morgan fingerprint density at radius 1 is 0.818 bits per heavy atom. The molecule has 0 aromatic carbocycles. The number of rotatable bonds is 13. The topological polar surface area (TPSA) is 244 Å². The van der Waals surface area contributed by atoms with Crippen molar-refractivity contribution >= 4 is 41.6 Å². The van der Waals surface area contributed by atoms with Crippen LogP contribution in [0.5, 0.6) is 0 Å². The van der Waals surface area contributed by atoms with Gasteiger partial charge in [-0.25, -0.2) is 0 Å². The van der Waals surface area contributed by atoms with Crippen molar-refractivity contribution in [3.63, 3.8) is 0 Å². The number of nitrogens with zero attached hydrogens (tertiary/aromatic N) is 4. The van der Waals surface area contributed by atoms with Crippen LogP contribution in [0, 0.1) is 0 Å². The van der Waals surface area contributed by atoms with E-state index >= 15 is 0 Å². The van der Waals surface area contributed by atoms with E-state index in [1.807, 2.05) is 0 Å². The van der Waals surface area contributed by atoms with Crippen LogP contribution in [0.3, 0.4) is 0 Å². The van der Waals surface area contributed by atoms with Crippen molar-refractivity contribution in [1.29, 1.82) is 0 Å². The third-order valence-electron chi connectivity index (χ3n) is 7.16. The highest BCUT2D eigenvalue weighted by Gasteiger charge is 2.32. The molecule has 17 nitrogen and oxygen atoms in total. The zero-order valence-electron chi connectivity index (χ0n) is 23.8. The van der Waals surface area contributed by atoms with Gasteiger partial charge in [-0.05, 0) is 18.6 Å². The molecule has 1 saturated heterocycles. The van der Waals surface area contributed by atoms with Gasteiger partial charge in [-0.3, -0.25) is 53.2 Å². The molecule has 2 aliphatic heterocycles. The fourth-order valence-electron chi connectivity index (χ4n) is 5.00. The first kappa shape index (κ1) is 34.0. The van der Waals surface area contributed by atoms with Crippen LogP contribution >= 0.6 is 0 Å². The van der Waals surface area contributed by atoms with Crippen LogP contribution in [0.1, 0.15) is 53.8 Å². The first-order chi connectivity index (χ1) is 20.8. The Balaban J connectivity index is 1.90. The average Bonchev–Trinajstić information content (AvgIpc) is 3.26. The Morgan fingerprint density at radius 2 is 1.30 bits per heavy atom. The molecule has 0 saturated carbocycles. The van der Waals surface area contributed by atoms with Gasteiger partial charge in [-0.2, -0.15) is 0 Å². The molecule has 2 unspecified atom stereocenters. The fraction of sp³-hybridized carbons (Fsp3) is 0.556. The van der Waals surface area contributed by atoms with Crippen molar-refractivity contribution in [2.45, 2.75) is 57.3 Å². The summed E-state index contributed by atoms with van der Waals surface area (Å²) in [6.45, 7) is -0.329. The summed E-state index contributed by atoms with van der Waals surface area (Å²) in [7, 11) is 0. The third-order valence-corrected chi connectivity index (χ3v) is 7.16. The molecule has 44 heavy (non-hydrogen) atoms. The quantitative estimate of drug-likeness (QED) is 0.129. The molecule has 1 aromatic heterocycles. The molecule has 1 fully saturated rings. The Morgan fingerprint density at radius 3 is 1.73 bits per heavy atom. The summed E-state index contributed by atoms with van der Waals surface area (Å²) in [5, 5.41) is 40.8. The molecule has 0 spiro atoms. The van der Waals surface area contributed by atoms with E-state index in [-0.39, 0.29) is 94.1 Å². The highest BCUT2D eigenvalue weighted by atomic mass is 16.5. The van der Waals surface area contributed by atoms with Crippen LogP contribution in [-0.4, -0.2) is 133 Å². The highest BCUT2D eigenvalue weighted by Crippen LogP contribution is 2.18. The fourth-order valence-corrected chi connectivity index (χ4v) is 5.00. The second-order valence-electron chi connectivity index (χ2n) is 10.3. The molecular formula is C27H35N5O12. The second-order valence-corrected chi connectivity index (χ2v) is 10.3. The van der Waals surface area contributed by atoms with E-state index in [0.29, 0.717) is 6.42 Å². The predicted octanol–water partition coefficient (Wildman–Crippen LogP) is -1.16. The Hall–Kier alpha value is -4.48. The molecule has 17 heteroatoms. The number of carboxylic acid groups (broad SMARTS) is 4. The Kier molecular flexibility index (Phi) is 12.2. The summed E-state index contributed by atoms with van der Waals surface area (Å²) in [4.78, 5) is 91.9. The number of aliphatic carboxylic acids is 4. The predicted molar refractivity (Wildman–Crippen MR) is 146 cm³/mol. The molecule has 1 aromatic rings. The second kappa shape index (κ2) is 15.8. The number of hydrogen-bond donors (Lipinski definition) is 5. The maximum absolute atomic E-state index is 13.1. The van der Waals surface area contributed by atoms with Crippen LogP contribution in [0.2, 0.25) is 0 Å². The molecule has 240 valence electrons. The summed E-state index contributed by atoms with van der Waals surface area (Å²) in [5.41, 5.74) is 0.452. The molecule has 2 atom stereocenters. The van der Waals surface area contributed by atoms with E-state index < -0.39 is 54.7 Å². The van der Waals surface area contributed by atoms with Gasteiger partial charge in [-0.15, -0.1) is 0 Å². The van der Waals surface area contributed by atoms with Gasteiger partial charge < -0.3 is 30.5 Å². The normalized spacial score (nSPS) is 18.1. The zero-order chi connectivity index (χ0) is 32.4. The lowest BCUT2D eigenvalue weighted by atomic mass is 10.1. The monoisotopic (exact) mass is 621 g/mol. The number of fused-ring (bicyclic) bond motifs is 2. The molecule has 2 aliphatic rings. The van der Waals surface area contributed by atoms with Crippen molar-refractivity contribution in [3.8, 4) is 0 Å². The number of aromatic nitrogens is 1. The summed E-state index contributed by atoms with van der Waals surface area (Å²) in [6.07, 6.45) is -0.835. The molecule has 3 heterocycles. The van der Waals surface area contributed by atoms with Crippen molar-refractivity contribution in [2.24, 2.45) is 0 Å². The number of imide groups is 1.